The Balaban J connectivity index is 2.66. The van der Waals surface area contributed by atoms with Crippen molar-refractivity contribution in [2.75, 3.05) is 6.54 Å². The maximum Gasteiger partial charge on any atom is 0.229 e. The van der Waals surface area contributed by atoms with Crippen LogP contribution in [-0.2, 0) is 9.59 Å². The molecule has 98 valence electrons. The quantitative estimate of drug-likeness (QED) is 0.760. The topological polar surface area (TPSA) is 57.6 Å². The van der Waals surface area contributed by atoms with Gasteiger partial charge in [-0.2, -0.15) is 0 Å². The molecule has 0 saturated carbocycles. The number of nitrogens with zero attached hydrogens (tertiary/aromatic N) is 1. The first-order valence-corrected chi connectivity index (χ1v) is 6.28. The Bertz CT molecular complexity index is 292. The second-order valence-electron chi connectivity index (χ2n) is 5.87. The molecule has 1 rings (SSSR count). The van der Waals surface area contributed by atoms with Gasteiger partial charge in [0.1, 0.15) is 0 Å². The molecule has 4 heteroatoms. The van der Waals surface area contributed by atoms with Gasteiger partial charge in [0, 0.05) is 12.8 Å². The van der Waals surface area contributed by atoms with E-state index in [9.17, 15) is 14.7 Å². The highest BCUT2D eigenvalue weighted by Crippen LogP contribution is 2.31. The standard InChI is InChI=1S/C13H23NO3/c1-5-9(2)10(15)8-14-11(16)6-13(3,4)7-12(14)17/h9-10,15H,5-8H2,1-4H3. The lowest BCUT2D eigenvalue weighted by atomic mass is 9.81. The summed E-state index contributed by atoms with van der Waals surface area (Å²) in [6.07, 6.45) is 0.981. The van der Waals surface area contributed by atoms with Crippen LogP contribution in [0.4, 0.5) is 0 Å². The second-order valence-corrected chi connectivity index (χ2v) is 5.87. The van der Waals surface area contributed by atoms with E-state index in [4.69, 9.17) is 0 Å². The first kappa shape index (κ1) is 14.2. The Labute approximate surface area is 103 Å². The van der Waals surface area contributed by atoms with E-state index in [0.717, 1.165) is 6.42 Å². The SMILES string of the molecule is CCC(C)C(O)CN1C(=O)CC(C)(C)CC1=O. The largest absolute Gasteiger partial charge is 0.391 e. The lowest BCUT2D eigenvalue weighted by Crippen LogP contribution is -2.49. The third kappa shape index (κ3) is 3.53. The molecule has 0 spiro atoms. The molecule has 0 aromatic carbocycles. The van der Waals surface area contributed by atoms with Crippen molar-refractivity contribution in [3.63, 3.8) is 0 Å². The maximum atomic E-state index is 11.9. The summed E-state index contributed by atoms with van der Waals surface area (Å²) in [4.78, 5) is 24.9. The van der Waals surface area contributed by atoms with Gasteiger partial charge in [0.2, 0.25) is 11.8 Å². The summed E-state index contributed by atoms with van der Waals surface area (Å²) >= 11 is 0. The number of aliphatic hydroxyl groups excluding tert-OH is 1. The van der Waals surface area contributed by atoms with Crippen molar-refractivity contribution >= 4 is 11.8 Å². The molecule has 1 fully saturated rings. The van der Waals surface area contributed by atoms with E-state index in [1.54, 1.807) is 0 Å². The van der Waals surface area contributed by atoms with Gasteiger partial charge in [-0.05, 0) is 11.3 Å². The Morgan fingerprint density at radius 3 is 2.18 bits per heavy atom. The first-order valence-electron chi connectivity index (χ1n) is 6.28. The highest BCUT2D eigenvalue weighted by atomic mass is 16.3. The average molecular weight is 241 g/mol. The maximum absolute atomic E-state index is 11.9. The number of carbonyl (C=O) groups excluding carboxylic acids is 2. The van der Waals surface area contributed by atoms with Crippen molar-refractivity contribution in [3.05, 3.63) is 0 Å². The molecular formula is C13H23NO3. The summed E-state index contributed by atoms with van der Waals surface area (Å²) in [5.74, 6) is -0.215. The molecule has 1 heterocycles. The molecule has 1 aliphatic heterocycles. The second kappa shape index (κ2) is 5.17. The van der Waals surface area contributed by atoms with Gasteiger partial charge >= 0.3 is 0 Å². The van der Waals surface area contributed by atoms with Crippen LogP contribution < -0.4 is 0 Å². The number of piperidine rings is 1. The van der Waals surface area contributed by atoms with Crippen LogP contribution in [0.1, 0.15) is 47.0 Å². The highest BCUT2D eigenvalue weighted by molar-refractivity contribution is 5.98. The molecule has 1 saturated heterocycles. The zero-order chi connectivity index (χ0) is 13.2. The molecule has 2 atom stereocenters. The zero-order valence-electron chi connectivity index (χ0n) is 11.2. The van der Waals surface area contributed by atoms with Crippen LogP contribution >= 0.6 is 0 Å². The Hall–Kier alpha value is -0.900. The molecule has 0 aliphatic carbocycles. The number of amides is 2. The number of imide groups is 1. The van der Waals surface area contributed by atoms with Gasteiger partial charge in [0.05, 0.1) is 12.6 Å². The van der Waals surface area contributed by atoms with Crippen LogP contribution in [0.25, 0.3) is 0 Å². The minimum atomic E-state index is -0.617. The fraction of sp³-hybridized carbons (Fsp3) is 0.846. The molecular weight excluding hydrogens is 218 g/mol. The summed E-state index contributed by atoms with van der Waals surface area (Å²) in [5, 5.41) is 9.89. The van der Waals surface area contributed by atoms with Crippen LogP contribution in [0.5, 0.6) is 0 Å². The third-order valence-corrected chi connectivity index (χ3v) is 3.53. The number of hydrogen-bond acceptors (Lipinski definition) is 3. The molecule has 1 aliphatic rings. The monoisotopic (exact) mass is 241 g/mol. The molecule has 1 N–H and O–H groups in total. The van der Waals surface area contributed by atoms with Gasteiger partial charge in [-0.25, -0.2) is 0 Å². The highest BCUT2D eigenvalue weighted by Gasteiger charge is 2.38. The van der Waals surface area contributed by atoms with Crippen LogP contribution in [0.15, 0.2) is 0 Å². The molecule has 0 bridgehead atoms. The Morgan fingerprint density at radius 2 is 1.76 bits per heavy atom. The zero-order valence-corrected chi connectivity index (χ0v) is 11.2. The smallest absolute Gasteiger partial charge is 0.229 e. The van der Waals surface area contributed by atoms with Crippen LogP contribution in [0, 0.1) is 11.3 Å². The normalized spacial score (nSPS) is 23.7. The Kier molecular flexibility index (Phi) is 4.31. The third-order valence-electron chi connectivity index (χ3n) is 3.53. The number of aliphatic hydroxyl groups is 1. The predicted octanol–water partition coefficient (Wildman–Crippen LogP) is 1.57. The van der Waals surface area contributed by atoms with Gasteiger partial charge in [0.25, 0.3) is 0 Å². The van der Waals surface area contributed by atoms with Gasteiger partial charge in [-0.3, -0.25) is 14.5 Å². The van der Waals surface area contributed by atoms with Crippen LogP contribution in [-0.4, -0.2) is 34.5 Å². The molecule has 17 heavy (non-hydrogen) atoms. The number of likely N-dealkylation sites (tertiary alicyclic amines) is 1. The summed E-state index contributed by atoms with van der Waals surface area (Å²) in [7, 11) is 0. The minimum absolute atomic E-state index is 0.102. The van der Waals surface area contributed by atoms with E-state index in [0.29, 0.717) is 12.8 Å². The summed E-state index contributed by atoms with van der Waals surface area (Å²) in [6.45, 7) is 7.89. The van der Waals surface area contributed by atoms with Gasteiger partial charge < -0.3 is 5.11 Å². The molecule has 0 aromatic rings. The van der Waals surface area contributed by atoms with E-state index < -0.39 is 6.10 Å². The van der Waals surface area contributed by atoms with Crippen molar-refractivity contribution < 1.29 is 14.7 Å². The first-order chi connectivity index (χ1) is 7.76. The lowest BCUT2D eigenvalue weighted by molar-refractivity contribution is -0.154. The Morgan fingerprint density at radius 1 is 1.29 bits per heavy atom. The molecule has 0 radical (unpaired) electrons. The number of hydrogen-bond donors (Lipinski definition) is 1. The summed E-state index contributed by atoms with van der Waals surface area (Å²) in [6, 6.07) is 0. The van der Waals surface area contributed by atoms with Crippen molar-refractivity contribution in [1.29, 1.82) is 0 Å². The molecule has 2 amide bonds. The summed E-state index contributed by atoms with van der Waals surface area (Å²) in [5.41, 5.74) is -0.244. The average Bonchev–Trinajstić information content (AvgIpc) is 2.20. The van der Waals surface area contributed by atoms with Crippen molar-refractivity contribution in [2.24, 2.45) is 11.3 Å². The van der Waals surface area contributed by atoms with E-state index in [2.05, 4.69) is 0 Å². The predicted molar refractivity (Wildman–Crippen MR) is 65.2 cm³/mol. The number of carbonyl (C=O) groups is 2. The fourth-order valence-corrected chi connectivity index (χ4v) is 2.05. The fourth-order valence-electron chi connectivity index (χ4n) is 2.05. The van der Waals surface area contributed by atoms with Crippen molar-refractivity contribution in [2.45, 2.75) is 53.1 Å². The van der Waals surface area contributed by atoms with E-state index in [-0.39, 0.29) is 29.7 Å². The van der Waals surface area contributed by atoms with Gasteiger partial charge in [0.15, 0.2) is 0 Å². The van der Waals surface area contributed by atoms with Gasteiger partial charge in [-0.1, -0.05) is 34.1 Å². The van der Waals surface area contributed by atoms with E-state index >= 15 is 0 Å². The molecule has 4 nitrogen and oxygen atoms in total. The van der Waals surface area contributed by atoms with E-state index in [1.165, 1.54) is 4.90 Å². The summed E-state index contributed by atoms with van der Waals surface area (Å²) < 4.78 is 0. The van der Waals surface area contributed by atoms with Crippen molar-refractivity contribution in [3.8, 4) is 0 Å². The van der Waals surface area contributed by atoms with Crippen molar-refractivity contribution in [1.82, 2.24) is 4.90 Å². The number of β-amino-alcohol motifs (C(OH)–C–C–N with tert-alkyl or cyclic N) is 1. The van der Waals surface area contributed by atoms with Gasteiger partial charge in [-0.15, -0.1) is 0 Å². The minimum Gasteiger partial charge on any atom is -0.391 e. The van der Waals surface area contributed by atoms with E-state index in [1.807, 2.05) is 27.7 Å². The molecule has 2 unspecified atom stereocenters. The lowest BCUT2D eigenvalue weighted by Gasteiger charge is -2.36. The van der Waals surface area contributed by atoms with Crippen LogP contribution in [0.3, 0.4) is 0 Å². The number of rotatable bonds is 4. The van der Waals surface area contributed by atoms with Crippen LogP contribution in [0.2, 0.25) is 0 Å². The molecule has 0 aromatic heterocycles.